The molecule has 31 heavy (non-hydrogen) atoms. The van der Waals surface area contributed by atoms with E-state index in [1.807, 2.05) is 12.3 Å². The largest absolute Gasteiger partial charge is 0.339 e. The molecule has 0 spiro atoms. The number of carbonyl (C=O) groups excluding carboxylic acids is 2. The molecule has 0 radical (unpaired) electrons. The topological polar surface area (TPSA) is 56.8 Å². The fraction of sp³-hybridized carbons (Fsp3) is 0.500. The van der Waals surface area contributed by atoms with Crippen molar-refractivity contribution in [3.63, 3.8) is 0 Å². The molecule has 9 heteroatoms. The van der Waals surface area contributed by atoms with Gasteiger partial charge in [-0.2, -0.15) is 0 Å². The molecule has 1 aromatic carbocycles. The third-order valence-electron chi connectivity index (χ3n) is 5.51. The van der Waals surface area contributed by atoms with E-state index < -0.39 is 34.6 Å². The van der Waals surface area contributed by atoms with Crippen molar-refractivity contribution in [2.45, 2.75) is 33.7 Å². The fourth-order valence-electron chi connectivity index (χ4n) is 3.84. The van der Waals surface area contributed by atoms with Crippen LogP contribution in [0.4, 0.5) is 8.78 Å². The van der Waals surface area contributed by atoms with E-state index in [9.17, 15) is 18.4 Å². The molecule has 1 aromatic heterocycles. The zero-order chi connectivity index (χ0) is 22.5. The maximum absolute atomic E-state index is 14.7. The highest BCUT2D eigenvalue weighted by atomic mass is 32.1. The number of carbonyl (C=O) groups is 2. The molecule has 3 rings (SSSR count). The minimum atomic E-state index is -0.878. The van der Waals surface area contributed by atoms with E-state index in [-0.39, 0.29) is 0 Å². The number of halogens is 2. The number of benzene rings is 1. The molecular formula is C22H28F2N4O2S. The summed E-state index contributed by atoms with van der Waals surface area (Å²) >= 11 is 1.60. The third kappa shape index (κ3) is 5.27. The Labute approximate surface area is 185 Å². The molecule has 2 amide bonds. The highest BCUT2D eigenvalue weighted by Crippen LogP contribution is 2.23. The molecule has 0 bridgehead atoms. The second-order valence-electron chi connectivity index (χ2n) is 7.54. The van der Waals surface area contributed by atoms with Gasteiger partial charge in [0.25, 0.3) is 11.8 Å². The first kappa shape index (κ1) is 23.3. The highest BCUT2D eigenvalue weighted by molar-refractivity contribution is 7.09. The normalized spacial score (nSPS) is 15.1. The van der Waals surface area contributed by atoms with Crippen LogP contribution in [0.5, 0.6) is 0 Å². The standard InChI is InChI=1S/C22H28F2N4O2S/c1-4-27(5-2)21(29)19-17(23)7-8-18(24)20(19)22(30)28-10-6-9-26(11-12-28)13-16-14-31-15(3)25-16/h7-8,14H,4-6,9-13H2,1-3H3. The molecule has 0 saturated carbocycles. The molecular weight excluding hydrogens is 422 g/mol. The average molecular weight is 451 g/mol. The van der Waals surface area contributed by atoms with Crippen LogP contribution in [0.2, 0.25) is 0 Å². The molecule has 0 N–H and O–H groups in total. The van der Waals surface area contributed by atoms with Gasteiger partial charge in [0.15, 0.2) is 0 Å². The Bertz CT molecular complexity index is 946. The van der Waals surface area contributed by atoms with Gasteiger partial charge < -0.3 is 9.80 Å². The van der Waals surface area contributed by atoms with Gasteiger partial charge in [-0.1, -0.05) is 0 Å². The maximum atomic E-state index is 14.7. The van der Waals surface area contributed by atoms with Crippen molar-refractivity contribution in [3.8, 4) is 0 Å². The summed E-state index contributed by atoms with van der Waals surface area (Å²) in [4.78, 5) is 35.7. The Morgan fingerprint density at radius 1 is 1.06 bits per heavy atom. The van der Waals surface area contributed by atoms with Gasteiger partial charge in [0.2, 0.25) is 0 Å². The maximum Gasteiger partial charge on any atom is 0.257 e. The first-order valence-electron chi connectivity index (χ1n) is 10.6. The van der Waals surface area contributed by atoms with E-state index in [2.05, 4.69) is 9.88 Å². The van der Waals surface area contributed by atoms with Crippen molar-refractivity contribution in [1.29, 1.82) is 0 Å². The predicted octanol–water partition coefficient (Wildman–Crippen LogP) is 3.56. The monoisotopic (exact) mass is 450 g/mol. The molecule has 0 unspecified atom stereocenters. The number of aryl methyl sites for hydroxylation is 1. The lowest BCUT2D eigenvalue weighted by atomic mass is 10.0. The Morgan fingerprint density at radius 3 is 2.35 bits per heavy atom. The van der Waals surface area contributed by atoms with Gasteiger partial charge in [-0.25, -0.2) is 13.8 Å². The van der Waals surface area contributed by atoms with Crippen LogP contribution in [0, 0.1) is 18.6 Å². The second-order valence-corrected chi connectivity index (χ2v) is 8.60. The molecule has 0 atom stereocenters. The minimum absolute atomic E-state index is 0.341. The molecule has 1 aliphatic rings. The smallest absolute Gasteiger partial charge is 0.257 e. The van der Waals surface area contributed by atoms with Crippen LogP contribution in [0.15, 0.2) is 17.5 Å². The Hall–Kier alpha value is -2.39. The van der Waals surface area contributed by atoms with Crippen molar-refractivity contribution in [2.75, 3.05) is 39.3 Å². The predicted molar refractivity (Wildman–Crippen MR) is 116 cm³/mol. The average Bonchev–Trinajstić information content (AvgIpc) is 3.01. The van der Waals surface area contributed by atoms with Gasteiger partial charge in [-0.15, -0.1) is 11.3 Å². The van der Waals surface area contributed by atoms with Gasteiger partial charge in [0.1, 0.15) is 11.6 Å². The molecule has 6 nitrogen and oxygen atoms in total. The molecule has 0 aliphatic carbocycles. The summed E-state index contributed by atoms with van der Waals surface area (Å²) in [6.45, 7) is 9.00. The number of amides is 2. The SMILES string of the molecule is CCN(CC)C(=O)c1c(F)ccc(F)c1C(=O)N1CCCN(Cc2csc(C)n2)CC1. The summed E-state index contributed by atoms with van der Waals surface area (Å²) in [5.74, 6) is -3.06. The lowest BCUT2D eigenvalue weighted by Crippen LogP contribution is -2.38. The Morgan fingerprint density at radius 2 is 1.74 bits per heavy atom. The van der Waals surface area contributed by atoms with Gasteiger partial charge >= 0.3 is 0 Å². The van der Waals surface area contributed by atoms with E-state index in [0.29, 0.717) is 45.7 Å². The van der Waals surface area contributed by atoms with E-state index in [0.717, 1.165) is 29.4 Å². The van der Waals surface area contributed by atoms with Crippen molar-refractivity contribution in [2.24, 2.45) is 0 Å². The Balaban J connectivity index is 1.81. The second kappa shape index (κ2) is 10.3. The number of hydrogen-bond donors (Lipinski definition) is 0. The fourth-order valence-corrected chi connectivity index (χ4v) is 4.44. The zero-order valence-corrected chi connectivity index (χ0v) is 19.0. The summed E-state index contributed by atoms with van der Waals surface area (Å²) in [5, 5.41) is 3.03. The first-order chi connectivity index (χ1) is 14.8. The summed E-state index contributed by atoms with van der Waals surface area (Å²) < 4.78 is 29.4. The lowest BCUT2D eigenvalue weighted by molar-refractivity contribution is 0.0719. The number of hydrogen-bond acceptors (Lipinski definition) is 5. The van der Waals surface area contributed by atoms with Crippen molar-refractivity contribution >= 4 is 23.2 Å². The molecule has 2 heterocycles. The van der Waals surface area contributed by atoms with Gasteiger partial charge in [-0.05, 0) is 39.3 Å². The van der Waals surface area contributed by atoms with Crippen LogP contribution < -0.4 is 0 Å². The number of thiazole rings is 1. The van der Waals surface area contributed by atoms with Crippen LogP contribution in [0.25, 0.3) is 0 Å². The van der Waals surface area contributed by atoms with Crippen LogP contribution in [-0.4, -0.2) is 70.8 Å². The first-order valence-corrected chi connectivity index (χ1v) is 11.4. The van der Waals surface area contributed by atoms with Crippen LogP contribution in [0.3, 0.4) is 0 Å². The highest BCUT2D eigenvalue weighted by Gasteiger charge is 2.31. The molecule has 168 valence electrons. The summed E-state index contributed by atoms with van der Waals surface area (Å²) in [6.07, 6.45) is 0.700. The number of nitrogens with zero attached hydrogens (tertiary/aromatic N) is 4. The van der Waals surface area contributed by atoms with E-state index >= 15 is 0 Å². The van der Waals surface area contributed by atoms with Gasteiger partial charge in [-0.3, -0.25) is 14.5 Å². The lowest BCUT2D eigenvalue weighted by Gasteiger charge is -2.25. The van der Waals surface area contributed by atoms with Crippen molar-refractivity contribution in [1.82, 2.24) is 19.7 Å². The quantitative estimate of drug-likeness (QED) is 0.675. The van der Waals surface area contributed by atoms with Gasteiger partial charge in [0, 0.05) is 51.2 Å². The zero-order valence-electron chi connectivity index (χ0n) is 18.2. The van der Waals surface area contributed by atoms with E-state index in [1.165, 1.54) is 9.80 Å². The number of rotatable bonds is 6. The number of aromatic nitrogens is 1. The molecule has 1 saturated heterocycles. The van der Waals surface area contributed by atoms with E-state index in [4.69, 9.17) is 0 Å². The third-order valence-corrected chi connectivity index (χ3v) is 6.33. The Kier molecular flexibility index (Phi) is 7.72. The summed E-state index contributed by atoms with van der Waals surface area (Å²) in [5.41, 5.74) is 0.0405. The van der Waals surface area contributed by atoms with Gasteiger partial charge in [0.05, 0.1) is 21.8 Å². The summed E-state index contributed by atoms with van der Waals surface area (Å²) in [7, 11) is 0. The molecule has 1 fully saturated rings. The van der Waals surface area contributed by atoms with Crippen LogP contribution in [-0.2, 0) is 6.54 Å². The van der Waals surface area contributed by atoms with Crippen molar-refractivity contribution < 1.29 is 18.4 Å². The molecule has 2 aromatic rings. The van der Waals surface area contributed by atoms with Crippen LogP contribution >= 0.6 is 11.3 Å². The molecule has 1 aliphatic heterocycles. The minimum Gasteiger partial charge on any atom is -0.339 e. The summed E-state index contributed by atoms with van der Waals surface area (Å²) in [6, 6.07) is 1.82. The van der Waals surface area contributed by atoms with Crippen molar-refractivity contribution in [3.05, 3.63) is 51.0 Å². The van der Waals surface area contributed by atoms with E-state index in [1.54, 1.807) is 25.2 Å². The van der Waals surface area contributed by atoms with Crippen LogP contribution in [0.1, 0.15) is 51.7 Å².